The minimum atomic E-state index is 0. The van der Waals surface area contributed by atoms with Gasteiger partial charge in [-0.2, -0.15) is 0 Å². The van der Waals surface area contributed by atoms with Gasteiger partial charge in [0, 0.05) is 23.9 Å². The second kappa shape index (κ2) is 9.61. The van der Waals surface area contributed by atoms with Crippen LogP contribution in [-0.2, 0) is 12.0 Å². The molecule has 0 unspecified atom stereocenters. The summed E-state index contributed by atoms with van der Waals surface area (Å²) in [5, 5.41) is 9.81. The Labute approximate surface area is 150 Å². The molecule has 0 radical (unpaired) electrons. The quantitative estimate of drug-likeness (QED) is 0.430. The first-order chi connectivity index (χ1) is 9.32. The third-order valence-corrected chi connectivity index (χ3v) is 3.55. The van der Waals surface area contributed by atoms with Gasteiger partial charge >= 0.3 is 0 Å². The van der Waals surface area contributed by atoms with E-state index in [2.05, 4.69) is 67.5 Å². The zero-order chi connectivity index (χ0) is 15.2. The smallest absolute Gasteiger partial charge is 0.191 e. The third kappa shape index (κ3) is 7.99. The van der Waals surface area contributed by atoms with Gasteiger partial charge in [0.05, 0.1) is 12.2 Å². The standard InChI is InChI=1S/C15H28N4S.HI/c1-7-16-14(17-8-11(2)3)18-9-13-19-12(10-20-13)15(4,5)6;/h10-11H,7-9H2,1-6H3,(H2,16,17,18);1H. The lowest BCUT2D eigenvalue weighted by Crippen LogP contribution is -2.39. The van der Waals surface area contributed by atoms with E-state index < -0.39 is 0 Å². The molecular formula is C15H29IN4S. The molecule has 4 nitrogen and oxygen atoms in total. The minimum Gasteiger partial charge on any atom is -0.357 e. The topological polar surface area (TPSA) is 49.3 Å². The van der Waals surface area contributed by atoms with E-state index in [1.165, 1.54) is 0 Å². The van der Waals surface area contributed by atoms with E-state index in [1.807, 2.05) is 0 Å². The molecule has 0 aliphatic carbocycles. The lowest BCUT2D eigenvalue weighted by atomic mass is 9.93. The van der Waals surface area contributed by atoms with Gasteiger partial charge < -0.3 is 10.6 Å². The summed E-state index contributed by atoms with van der Waals surface area (Å²) in [6.45, 7) is 15.4. The van der Waals surface area contributed by atoms with Crippen molar-refractivity contribution in [3.63, 3.8) is 0 Å². The molecule has 0 saturated carbocycles. The molecule has 0 bridgehead atoms. The fourth-order valence-corrected chi connectivity index (χ4v) is 2.46. The van der Waals surface area contributed by atoms with Crippen LogP contribution in [0.25, 0.3) is 0 Å². The monoisotopic (exact) mass is 424 g/mol. The van der Waals surface area contributed by atoms with Crippen LogP contribution >= 0.6 is 35.3 Å². The first kappa shape index (κ1) is 20.6. The zero-order valence-electron chi connectivity index (χ0n) is 14.0. The van der Waals surface area contributed by atoms with Gasteiger partial charge in [-0.05, 0) is 12.8 Å². The zero-order valence-corrected chi connectivity index (χ0v) is 17.1. The lowest BCUT2D eigenvalue weighted by molar-refractivity contribution is 0.571. The van der Waals surface area contributed by atoms with Crippen LogP contribution in [0.1, 0.15) is 52.2 Å². The van der Waals surface area contributed by atoms with Crippen LogP contribution in [-0.4, -0.2) is 24.0 Å². The number of aliphatic imine (C=N–C) groups is 1. The van der Waals surface area contributed by atoms with Crippen LogP contribution in [0.5, 0.6) is 0 Å². The summed E-state index contributed by atoms with van der Waals surface area (Å²) in [5.41, 5.74) is 1.26. The van der Waals surface area contributed by atoms with E-state index in [1.54, 1.807) is 11.3 Å². The minimum absolute atomic E-state index is 0. The highest BCUT2D eigenvalue weighted by atomic mass is 127. The van der Waals surface area contributed by atoms with E-state index in [4.69, 9.17) is 0 Å². The number of halogens is 1. The summed E-state index contributed by atoms with van der Waals surface area (Å²) in [5.74, 6) is 1.47. The van der Waals surface area contributed by atoms with Crippen molar-refractivity contribution in [1.29, 1.82) is 0 Å². The molecule has 1 heterocycles. The van der Waals surface area contributed by atoms with Crippen LogP contribution in [0.4, 0.5) is 0 Å². The molecule has 1 aromatic heterocycles. The van der Waals surface area contributed by atoms with Gasteiger partial charge in [0.15, 0.2) is 5.96 Å². The van der Waals surface area contributed by atoms with Crippen molar-refractivity contribution < 1.29 is 0 Å². The van der Waals surface area contributed by atoms with Crippen molar-refractivity contribution in [3.8, 4) is 0 Å². The van der Waals surface area contributed by atoms with E-state index >= 15 is 0 Å². The number of aromatic nitrogens is 1. The fourth-order valence-electron chi connectivity index (χ4n) is 1.52. The second-order valence-electron chi connectivity index (χ2n) is 6.35. The van der Waals surface area contributed by atoms with Gasteiger partial charge in [0.25, 0.3) is 0 Å². The average molecular weight is 424 g/mol. The van der Waals surface area contributed by atoms with Gasteiger partial charge in [-0.25, -0.2) is 9.98 Å². The molecule has 0 saturated heterocycles. The molecule has 2 N–H and O–H groups in total. The van der Waals surface area contributed by atoms with E-state index in [-0.39, 0.29) is 29.4 Å². The average Bonchev–Trinajstić information content (AvgIpc) is 2.81. The molecule has 0 aliphatic heterocycles. The van der Waals surface area contributed by atoms with Crippen LogP contribution in [0, 0.1) is 5.92 Å². The highest BCUT2D eigenvalue weighted by Gasteiger charge is 2.17. The summed E-state index contributed by atoms with van der Waals surface area (Å²) in [7, 11) is 0. The number of nitrogens with zero attached hydrogens (tertiary/aromatic N) is 2. The van der Waals surface area contributed by atoms with E-state index in [0.29, 0.717) is 12.5 Å². The Morgan fingerprint density at radius 2 is 2.00 bits per heavy atom. The van der Waals surface area contributed by atoms with Crippen molar-refractivity contribution in [1.82, 2.24) is 15.6 Å². The number of rotatable bonds is 5. The molecule has 0 atom stereocenters. The number of hydrogen-bond donors (Lipinski definition) is 2. The maximum atomic E-state index is 4.66. The van der Waals surface area contributed by atoms with Crippen LogP contribution in [0.3, 0.4) is 0 Å². The molecule has 0 fully saturated rings. The molecule has 0 aliphatic rings. The fraction of sp³-hybridized carbons (Fsp3) is 0.733. The number of hydrogen-bond acceptors (Lipinski definition) is 3. The van der Waals surface area contributed by atoms with Crippen LogP contribution in [0.2, 0.25) is 0 Å². The van der Waals surface area contributed by atoms with E-state index in [0.717, 1.165) is 29.8 Å². The van der Waals surface area contributed by atoms with Gasteiger partial charge in [-0.15, -0.1) is 35.3 Å². The predicted octanol–water partition coefficient (Wildman–Crippen LogP) is 3.77. The second-order valence-corrected chi connectivity index (χ2v) is 7.29. The maximum Gasteiger partial charge on any atom is 0.191 e. The Bertz CT molecular complexity index is 435. The van der Waals surface area contributed by atoms with Crippen molar-refractivity contribution in [2.75, 3.05) is 13.1 Å². The Kier molecular flexibility index (Phi) is 9.44. The van der Waals surface area contributed by atoms with Crippen molar-refractivity contribution in [3.05, 3.63) is 16.1 Å². The Balaban J connectivity index is 0.00000400. The van der Waals surface area contributed by atoms with Crippen LogP contribution < -0.4 is 10.6 Å². The highest BCUT2D eigenvalue weighted by Crippen LogP contribution is 2.24. The van der Waals surface area contributed by atoms with Crippen molar-refractivity contribution in [2.24, 2.45) is 10.9 Å². The largest absolute Gasteiger partial charge is 0.357 e. The third-order valence-electron chi connectivity index (χ3n) is 2.71. The van der Waals surface area contributed by atoms with Gasteiger partial charge in [0.2, 0.25) is 0 Å². The summed E-state index contributed by atoms with van der Waals surface area (Å²) < 4.78 is 0. The van der Waals surface area contributed by atoms with Gasteiger partial charge in [-0.3, -0.25) is 0 Å². The number of nitrogens with one attached hydrogen (secondary N) is 2. The number of guanidine groups is 1. The lowest BCUT2D eigenvalue weighted by Gasteiger charge is -2.14. The van der Waals surface area contributed by atoms with Gasteiger partial charge in [-0.1, -0.05) is 34.6 Å². The molecule has 6 heteroatoms. The van der Waals surface area contributed by atoms with Crippen molar-refractivity contribution in [2.45, 2.75) is 53.5 Å². The molecule has 21 heavy (non-hydrogen) atoms. The molecular weight excluding hydrogens is 395 g/mol. The first-order valence-electron chi connectivity index (χ1n) is 7.30. The molecule has 0 aromatic carbocycles. The Morgan fingerprint density at radius 1 is 1.33 bits per heavy atom. The highest BCUT2D eigenvalue weighted by molar-refractivity contribution is 14.0. The Hall–Kier alpha value is -0.370. The summed E-state index contributed by atoms with van der Waals surface area (Å²) in [6.07, 6.45) is 0. The summed E-state index contributed by atoms with van der Waals surface area (Å²) >= 11 is 1.69. The molecule has 1 aromatic rings. The normalized spacial score (nSPS) is 12.2. The van der Waals surface area contributed by atoms with Crippen LogP contribution in [0.15, 0.2) is 10.4 Å². The SMILES string of the molecule is CCNC(=NCc1nc(C(C)(C)C)cs1)NCC(C)C.I. The van der Waals surface area contributed by atoms with E-state index in [9.17, 15) is 0 Å². The maximum absolute atomic E-state index is 4.66. The number of thiazole rings is 1. The predicted molar refractivity (Wildman–Crippen MR) is 104 cm³/mol. The summed E-state index contributed by atoms with van der Waals surface area (Å²) in [4.78, 5) is 9.26. The summed E-state index contributed by atoms with van der Waals surface area (Å²) in [6, 6.07) is 0. The first-order valence-corrected chi connectivity index (χ1v) is 8.18. The molecule has 1 rings (SSSR count). The molecule has 122 valence electrons. The van der Waals surface area contributed by atoms with Gasteiger partial charge in [0.1, 0.15) is 5.01 Å². The molecule has 0 amide bonds. The Morgan fingerprint density at radius 3 is 2.48 bits per heavy atom. The van der Waals surface area contributed by atoms with Crippen molar-refractivity contribution >= 4 is 41.3 Å². The molecule has 0 spiro atoms.